The van der Waals surface area contributed by atoms with Crippen molar-refractivity contribution in [2.75, 3.05) is 39.3 Å². The molecule has 4 nitrogen and oxygen atoms in total. The molecule has 134 valence electrons. The van der Waals surface area contributed by atoms with E-state index in [1.807, 2.05) is 18.2 Å². The van der Waals surface area contributed by atoms with Gasteiger partial charge in [-0.05, 0) is 54.8 Å². The number of β-amino-alcohol motifs (C(OH)–C–C–N with tert-alkyl or cyclic N) is 1. The molecule has 0 radical (unpaired) electrons. The number of piperazine rings is 1. The Kier molecular flexibility index (Phi) is 6.08. The lowest BCUT2D eigenvalue weighted by Gasteiger charge is -2.34. The topological polar surface area (TPSA) is 35.9 Å². The molecule has 1 saturated heterocycles. The Morgan fingerprint density at radius 2 is 1.48 bits per heavy atom. The summed E-state index contributed by atoms with van der Waals surface area (Å²) in [7, 11) is 0. The zero-order valence-electron chi connectivity index (χ0n) is 15.2. The van der Waals surface area contributed by atoms with Crippen LogP contribution in [0.4, 0.5) is 0 Å². The van der Waals surface area contributed by atoms with Crippen LogP contribution in [0, 0.1) is 13.8 Å². The van der Waals surface area contributed by atoms with Crippen LogP contribution < -0.4 is 4.74 Å². The number of hydrogen-bond acceptors (Lipinski definition) is 4. The van der Waals surface area contributed by atoms with Crippen LogP contribution in [0.3, 0.4) is 0 Å². The minimum Gasteiger partial charge on any atom is -0.457 e. The number of aliphatic hydroxyl groups excluding tert-OH is 1. The highest BCUT2D eigenvalue weighted by Crippen LogP contribution is 2.24. The molecule has 25 heavy (non-hydrogen) atoms. The van der Waals surface area contributed by atoms with E-state index in [0.29, 0.717) is 0 Å². The van der Waals surface area contributed by atoms with Crippen molar-refractivity contribution in [1.29, 1.82) is 0 Å². The van der Waals surface area contributed by atoms with Gasteiger partial charge in [-0.15, -0.1) is 0 Å². The summed E-state index contributed by atoms with van der Waals surface area (Å²) in [5, 5.41) is 9.01. The summed E-state index contributed by atoms with van der Waals surface area (Å²) >= 11 is 0. The fourth-order valence-corrected chi connectivity index (χ4v) is 3.15. The van der Waals surface area contributed by atoms with Crippen LogP contribution in [0.25, 0.3) is 0 Å². The maximum Gasteiger partial charge on any atom is 0.127 e. The summed E-state index contributed by atoms with van der Waals surface area (Å²) in [5.41, 5.74) is 3.83. The number of aryl methyl sites for hydroxylation is 2. The van der Waals surface area contributed by atoms with Crippen molar-refractivity contribution in [2.24, 2.45) is 0 Å². The molecule has 1 aliphatic rings. The Hall–Kier alpha value is -1.88. The summed E-state index contributed by atoms with van der Waals surface area (Å²) in [4.78, 5) is 4.78. The normalized spacial score (nSPS) is 16.1. The quantitative estimate of drug-likeness (QED) is 0.876. The van der Waals surface area contributed by atoms with Gasteiger partial charge in [0.05, 0.1) is 6.61 Å². The molecule has 0 spiro atoms. The molecule has 0 atom stereocenters. The lowest BCUT2D eigenvalue weighted by molar-refractivity contribution is 0.108. The van der Waals surface area contributed by atoms with Crippen molar-refractivity contribution in [2.45, 2.75) is 20.4 Å². The number of aliphatic hydroxyl groups is 1. The van der Waals surface area contributed by atoms with E-state index in [4.69, 9.17) is 9.84 Å². The zero-order valence-corrected chi connectivity index (χ0v) is 15.2. The van der Waals surface area contributed by atoms with E-state index in [2.05, 4.69) is 47.9 Å². The minimum atomic E-state index is 0.252. The Bertz CT molecular complexity index is 677. The first kappa shape index (κ1) is 17.9. The predicted octanol–water partition coefficient (Wildman–Crippen LogP) is 3.21. The van der Waals surface area contributed by atoms with Crippen LogP contribution in [0.5, 0.6) is 11.5 Å². The van der Waals surface area contributed by atoms with Crippen LogP contribution in [0.2, 0.25) is 0 Å². The average Bonchev–Trinajstić information content (AvgIpc) is 2.62. The highest BCUT2D eigenvalue weighted by molar-refractivity contribution is 5.38. The van der Waals surface area contributed by atoms with Crippen LogP contribution >= 0.6 is 0 Å². The third-order valence-electron chi connectivity index (χ3n) is 4.92. The molecular formula is C21H28N2O2. The van der Waals surface area contributed by atoms with Gasteiger partial charge in [0, 0.05) is 39.3 Å². The number of rotatable bonds is 6. The highest BCUT2D eigenvalue weighted by atomic mass is 16.5. The summed E-state index contributed by atoms with van der Waals surface area (Å²) in [5.74, 6) is 1.76. The van der Waals surface area contributed by atoms with Gasteiger partial charge in [0.25, 0.3) is 0 Å². The van der Waals surface area contributed by atoms with Crippen molar-refractivity contribution >= 4 is 0 Å². The number of nitrogens with zero attached hydrogens (tertiary/aromatic N) is 2. The van der Waals surface area contributed by atoms with Gasteiger partial charge < -0.3 is 9.84 Å². The van der Waals surface area contributed by atoms with E-state index in [1.165, 1.54) is 16.7 Å². The van der Waals surface area contributed by atoms with E-state index < -0.39 is 0 Å². The SMILES string of the molecule is Cc1ccc(Oc2ccc(CN3CCN(CCO)CC3)cc2)cc1C. The molecule has 1 heterocycles. The van der Waals surface area contributed by atoms with Crippen molar-refractivity contribution in [3.05, 3.63) is 59.2 Å². The molecule has 3 rings (SSSR count). The smallest absolute Gasteiger partial charge is 0.127 e. The Morgan fingerprint density at radius 3 is 2.12 bits per heavy atom. The summed E-state index contributed by atoms with van der Waals surface area (Å²) < 4.78 is 5.96. The Morgan fingerprint density at radius 1 is 0.840 bits per heavy atom. The fraction of sp³-hybridized carbons (Fsp3) is 0.429. The van der Waals surface area contributed by atoms with Gasteiger partial charge in [-0.25, -0.2) is 0 Å². The van der Waals surface area contributed by atoms with Crippen LogP contribution in [-0.4, -0.2) is 54.2 Å². The maximum atomic E-state index is 9.01. The first-order valence-electron chi connectivity index (χ1n) is 9.03. The zero-order chi connectivity index (χ0) is 17.6. The summed E-state index contributed by atoms with van der Waals surface area (Å²) in [6.07, 6.45) is 0. The van der Waals surface area contributed by atoms with Gasteiger partial charge >= 0.3 is 0 Å². The second-order valence-electron chi connectivity index (χ2n) is 6.83. The molecule has 4 heteroatoms. The Labute approximate surface area is 150 Å². The highest BCUT2D eigenvalue weighted by Gasteiger charge is 2.16. The second kappa shape index (κ2) is 8.48. The molecule has 0 saturated carbocycles. The molecule has 2 aromatic rings. The Balaban J connectivity index is 1.53. The molecule has 0 amide bonds. The monoisotopic (exact) mass is 340 g/mol. The average molecular weight is 340 g/mol. The van der Waals surface area contributed by atoms with E-state index in [9.17, 15) is 0 Å². The van der Waals surface area contributed by atoms with Crippen molar-refractivity contribution in [1.82, 2.24) is 9.80 Å². The molecule has 1 N–H and O–H groups in total. The molecule has 1 aliphatic heterocycles. The van der Waals surface area contributed by atoms with Gasteiger partial charge in [0.15, 0.2) is 0 Å². The molecule has 0 aliphatic carbocycles. The molecule has 0 bridgehead atoms. The number of benzene rings is 2. The van der Waals surface area contributed by atoms with E-state index in [1.54, 1.807) is 0 Å². The van der Waals surface area contributed by atoms with E-state index >= 15 is 0 Å². The van der Waals surface area contributed by atoms with Crippen molar-refractivity contribution < 1.29 is 9.84 Å². The number of hydrogen-bond donors (Lipinski definition) is 1. The summed E-state index contributed by atoms with van der Waals surface area (Å²) in [6.45, 7) is 10.4. The molecule has 0 unspecified atom stereocenters. The fourth-order valence-electron chi connectivity index (χ4n) is 3.15. The molecular weight excluding hydrogens is 312 g/mol. The minimum absolute atomic E-state index is 0.252. The van der Waals surface area contributed by atoms with Gasteiger partial charge in [0.2, 0.25) is 0 Å². The third-order valence-corrected chi connectivity index (χ3v) is 4.92. The molecule has 2 aromatic carbocycles. The molecule has 0 aromatic heterocycles. The largest absolute Gasteiger partial charge is 0.457 e. The first-order valence-corrected chi connectivity index (χ1v) is 9.03. The predicted molar refractivity (Wildman–Crippen MR) is 101 cm³/mol. The van der Waals surface area contributed by atoms with Gasteiger partial charge in [-0.1, -0.05) is 18.2 Å². The van der Waals surface area contributed by atoms with Gasteiger partial charge in [-0.2, -0.15) is 0 Å². The second-order valence-corrected chi connectivity index (χ2v) is 6.83. The van der Waals surface area contributed by atoms with E-state index in [-0.39, 0.29) is 6.61 Å². The van der Waals surface area contributed by atoms with Crippen LogP contribution in [0.1, 0.15) is 16.7 Å². The lowest BCUT2D eigenvalue weighted by atomic mass is 10.1. The first-order chi connectivity index (χ1) is 12.1. The van der Waals surface area contributed by atoms with Gasteiger partial charge in [0.1, 0.15) is 11.5 Å². The summed E-state index contributed by atoms with van der Waals surface area (Å²) in [6, 6.07) is 14.6. The number of ether oxygens (including phenoxy) is 1. The van der Waals surface area contributed by atoms with Crippen molar-refractivity contribution in [3.63, 3.8) is 0 Å². The van der Waals surface area contributed by atoms with Crippen molar-refractivity contribution in [3.8, 4) is 11.5 Å². The van der Waals surface area contributed by atoms with Crippen LogP contribution in [-0.2, 0) is 6.54 Å². The third kappa shape index (κ3) is 5.05. The van der Waals surface area contributed by atoms with Crippen LogP contribution in [0.15, 0.2) is 42.5 Å². The van der Waals surface area contributed by atoms with E-state index in [0.717, 1.165) is 50.8 Å². The maximum absolute atomic E-state index is 9.01. The standard InChI is InChI=1S/C21H28N2O2/c1-17-3-6-21(15-18(17)2)25-20-7-4-19(5-8-20)16-23-11-9-22(10-12-23)13-14-24/h3-8,15,24H,9-14,16H2,1-2H3. The van der Waals surface area contributed by atoms with Gasteiger partial charge in [-0.3, -0.25) is 9.80 Å². The molecule has 1 fully saturated rings. The lowest BCUT2D eigenvalue weighted by Crippen LogP contribution is -2.46.